The van der Waals surface area contributed by atoms with Gasteiger partial charge in [-0.25, -0.2) is 0 Å². The molecule has 0 saturated heterocycles. The van der Waals surface area contributed by atoms with E-state index in [1.165, 1.54) is 0 Å². The summed E-state index contributed by atoms with van der Waals surface area (Å²) >= 11 is 0. The predicted molar refractivity (Wildman–Crippen MR) is 103 cm³/mol. The number of carbonyl (C=O) groups is 1. The Bertz CT molecular complexity index is 814. The Morgan fingerprint density at radius 3 is 2.56 bits per heavy atom. The maximum atomic E-state index is 12.7. The summed E-state index contributed by atoms with van der Waals surface area (Å²) in [6.07, 6.45) is 1.37. The molecule has 0 unspecified atom stereocenters. The quantitative estimate of drug-likeness (QED) is 0.802. The van der Waals surface area contributed by atoms with Crippen LogP contribution in [-0.4, -0.2) is 19.1 Å². The zero-order valence-electron chi connectivity index (χ0n) is 15.5. The van der Waals surface area contributed by atoms with Crippen LogP contribution in [0.4, 0.5) is 0 Å². The van der Waals surface area contributed by atoms with Gasteiger partial charge in [-0.1, -0.05) is 43.3 Å². The van der Waals surface area contributed by atoms with Gasteiger partial charge in [-0.15, -0.1) is 0 Å². The third kappa shape index (κ3) is 4.79. The summed E-state index contributed by atoms with van der Waals surface area (Å²) in [7, 11) is 0. The average molecular weight is 364 g/mol. The van der Waals surface area contributed by atoms with E-state index in [9.17, 15) is 4.79 Å². The molecule has 0 bridgehead atoms. The highest BCUT2D eigenvalue weighted by molar-refractivity contribution is 5.77. The summed E-state index contributed by atoms with van der Waals surface area (Å²) in [5, 5.41) is 12.2. The number of benzene rings is 2. The number of amides is 1. The summed E-state index contributed by atoms with van der Waals surface area (Å²) < 4.78 is 11.2. The lowest BCUT2D eigenvalue weighted by molar-refractivity contribution is -0.122. The maximum Gasteiger partial charge on any atom is 0.221 e. The highest BCUT2D eigenvalue weighted by Gasteiger charge is 2.20. The second-order valence-electron chi connectivity index (χ2n) is 6.61. The van der Waals surface area contributed by atoms with Crippen molar-refractivity contribution in [2.45, 2.75) is 38.1 Å². The lowest BCUT2D eigenvalue weighted by Gasteiger charge is -2.23. The van der Waals surface area contributed by atoms with Gasteiger partial charge < -0.3 is 14.8 Å². The fraction of sp³-hybridized carbons (Fsp3) is 0.364. The molecule has 0 spiro atoms. The first kappa shape index (κ1) is 18.8. The van der Waals surface area contributed by atoms with Crippen molar-refractivity contribution in [1.82, 2.24) is 5.32 Å². The van der Waals surface area contributed by atoms with Crippen molar-refractivity contribution in [3.63, 3.8) is 0 Å². The van der Waals surface area contributed by atoms with Crippen molar-refractivity contribution < 1.29 is 14.3 Å². The van der Waals surface area contributed by atoms with Gasteiger partial charge in [0.25, 0.3) is 0 Å². The number of ether oxygens (including phenoxy) is 2. The van der Waals surface area contributed by atoms with Crippen LogP contribution < -0.4 is 14.8 Å². The average Bonchev–Trinajstić information content (AvgIpc) is 2.72. The van der Waals surface area contributed by atoms with Crippen molar-refractivity contribution in [2.75, 3.05) is 13.2 Å². The first-order valence-corrected chi connectivity index (χ1v) is 9.32. The van der Waals surface area contributed by atoms with Crippen LogP contribution in [0.2, 0.25) is 0 Å². The Labute approximate surface area is 159 Å². The number of nitrogens with one attached hydrogen (secondary N) is 1. The van der Waals surface area contributed by atoms with Crippen LogP contribution in [0.3, 0.4) is 0 Å². The number of nitrogens with zero attached hydrogens (tertiary/aromatic N) is 1. The molecule has 2 aromatic carbocycles. The van der Waals surface area contributed by atoms with Crippen LogP contribution in [-0.2, 0) is 4.79 Å². The number of hydrogen-bond acceptors (Lipinski definition) is 4. The van der Waals surface area contributed by atoms with E-state index < -0.39 is 0 Å². The van der Waals surface area contributed by atoms with Crippen LogP contribution in [0.1, 0.15) is 49.3 Å². The number of fused-ring (bicyclic) bond motifs is 1. The van der Waals surface area contributed by atoms with Gasteiger partial charge in [0.2, 0.25) is 5.91 Å². The molecule has 3 rings (SSSR count). The van der Waals surface area contributed by atoms with E-state index in [4.69, 9.17) is 14.7 Å². The SMILES string of the molecule is CC[C@H](NC(=O)C[C@H](CC#N)c1ccccc1)c1ccc2c(c1)OCCO2. The highest BCUT2D eigenvalue weighted by Crippen LogP contribution is 2.33. The molecule has 5 nitrogen and oxygen atoms in total. The van der Waals surface area contributed by atoms with Gasteiger partial charge in [0.1, 0.15) is 13.2 Å². The first-order valence-electron chi connectivity index (χ1n) is 9.32. The number of rotatable bonds is 7. The third-order valence-corrected chi connectivity index (χ3v) is 4.75. The normalized spacial score (nSPS) is 14.7. The highest BCUT2D eigenvalue weighted by atomic mass is 16.6. The van der Waals surface area contributed by atoms with E-state index in [-0.39, 0.29) is 17.9 Å². The Morgan fingerprint density at radius 1 is 1.11 bits per heavy atom. The van der Waals surface area contributed by atoms with E-state index >= 15 is 0 Å². The molecule has 0 radical (unpaired) electrons. The van der Waals surface area contributed by atoms with Crippen molar-refractivity contribution in [3.05, 3.63) is 59.7 Å². The van der Waals surface area contributed by atoms with E-state index in [2.05, 4.69) is 11.4 Å². The summed E-state index contributed by atoms with van der Waals surface area (Å²) in [6.45, 7) is 3.12. The Balaban J connectivity index is 1.68. The summed E-state index contributed by atoms with van der Waals surface area (Å²) in [6, 6.07) is 17.6. The molecule has 0 saturated carbocycles. The van der Waals surface area contributed by atoms with Gasteiger partial charge >= 0.3 is 0 Å². The Morgan fingerprint density at radius 2 is 1.85 bits per heavy atom. The topological polar surface area (TPSA) is 71.4 Å². The molecule has 1 N–H and O–H groups in total. The predicted octanol–water partition coefficient (Wildman–Crippen LogP) is 4.11. The monoisotopic (exact) mass is 364 g/mol. The molecule has 0 aromatic heterocycles. The first-order chi connectivity index (χ1) is 13.2. The van der Waals surface area contributed by atoms with Crippen molar-refractivity contribution in [2.24, 2.45) is 0 Å². The van der Waals surface area contributed by atoms with Crippen LogP contribution in [0, 0.1) is 11.3 Å². The molecule has 0 aliphatic carbocycles. The van der Waals surface area contributed by atoms with Crippen molar-refractivity contribution in [1.29, 1.82) is 5.26 Å². The lowest BCUT2D eigenvalue weighted by Crippen LogP contribution is -2.29. The number of carbonyl (C=O) groups excluding carboxylic acids is 1. The standard InChI is InChI=1S/C22H24N2O3/c1-2-19(18-8-9-20-21(14-18)27-13-12-26-20)24-22(25)15-17(10-11-23)16-6-4-3-5-7-16/h3-9,14,17,19H,2,10,12-13,15H2,1H3,(H,24,25)/t17-,19-/m0/s1. The molecule has 27 heavy (non-hydrogen) atoms. The fourth-order valence-electron chi connectivity index (χ4n) is 3.32. The summed E-state index contributed by atoms with van der Waals surface area (Å²) in [4.78, 5) is 12.7. The van der Waals surface area contributed by atoms with Gasteiger partial charge in [-0.3, -0.25) is 4.79 Å². The molecule has 5 heteroatoms. The largest absolute Gasteiger partial charge is 0.486 e. The lowest BCUT2D eigenvalue weighted by atomic mass is 9.92. The summed E-state index contributed by atoms with van der Waals surface area (Å²) in [5.41, 5.74) is 2.01. The van der Waals surface area contributed by atoms with Gasteiger partial charge in [0.05, 0.1) is 12.1 Å². The minimum atomic E-state index is -0.105. The molecule has 2 atom stereocenters. The molecule has 140 valence electrons. The van der Waals surface area contributed by atoms with Gasteiger partial charge in [-0.2, -0.15) is 5.26 Å². The van der Waals surface area contributed by atoms with Crippen LogP contribution in [0.15, 0.2) is 48.5 Å². The van der Waals surface area contributed by atoms with E-state index in [0.29, 0.717) is 26.1 Å². The van der Waals surface area contributed by atoms with Crippen LogP contribution in [0.5, 0.6) is 11.5 Å². The van der Waals surface area contributed by atoms with Gasteiger partial charge in [0, 0.05) is 18.8 Å². The molecular weight excluding hydrogens is 340 g/mol. The second-order valence-corrected chi connectivity index (χ2v) is 6.61. The number of nitriles is 1. The smallest absolute Gasteiger partial charge is 0.221 e. The van der Waals surface area contributed by atoms with E-state index in [1.54, 1.807) is 0 Å². The fourth-order valence-corrected chi connectivity index (χ4v) is 3.32. The Kier molecular flexibility index (Phi) is 6.32. The van der Waals surface area contributed by atoms with Crippen LogP contribution in [0.25, 0.3) is 0 Å². The zero-order valence-corrected chi connectivity index (χ0v) is 15.5. The third-order valence-electron chi connectivity index (χ3n) is 4.75. The van der Waals surface area contributed by atoms with Crippen LogP contribution >= 0.6 is 0 Å². The van der Waals surface area contributed by atoms with Gasteiger partial charge in [-0.05, 0) is 29.7 Å². The molecule has 0 fully saturated rings. The second kappa shape index (κ2) is 9.09. The molecule has 2 aromatic rings. The zero-order chi connectivity index (χ0) is 19.1. The molecule has 1 heterocycles. The summed E-state index contributed by atoms with van der Waals surface area (Å²) in [5.74, 6) is 1.30. The molecule has 1 aliphatic rings. The molecule has 1 amide bonds. The minimum absolute atomic E-state index is 0.0548. The Hall–Kier alpha value is -3.00. The van der Waals surface area contributed by atoms with E-state index in [0.717, 1.165) is 29.0 Å². The maximum absolute atomic E-state index is 12.7. The van der Waals surface area contributed by atoms with Crippen molar-refractivity contribution >= 4 is 5.91 Å². The van der Waals surface area contributed by atoms with Crippen molar-refractivity contribution in [3.8, 4) is 17.6 Å². The van der Waals surface area contributed by atoms with Gasteiger partial charge in [0.15, 0.2) is 11.5 Å². The van der Waals surface area contributed by atoms with E-state index in [1.807, 2.05) is 55.5 Å². The number of hydrogen-bond donors (Lipinski definition) is 1. The molecule has 1 aliphatic heterocycles. The minimum Gasteiger partial charge on any atom is -0.486 e. The molecular formula is C22H24N2O3.